The van der Waals surface area contributed by atoms with Gasteiger partial charge in [0, 0.05) is 15.7 Å². The molecule has 0 spiro atoms. The molecule has 0 bridgehead atoms. The first-order valence-electron chi connectivity index (χ1n) is 10.0. The second kappa shape index (κ2) is 9.91. The Hall–Kier alpha value is -2.93. The van der Waals surface area contributed by atoms with Crippen molar-refractivity contribution in [2.24, 2.45) is 0 Å². The van der Waals surface area contributed by atoms with Crippen LogP contribution >= 0.6 is 34.8 Å². The molecule has 33 heavy (non-hydrogen) atoms. The van der Waals surface area contributed by atoms with Crippen LogP contribution in [-0.4, -0.2) is 24.5 Å². The molecule has 0 saturated heterocycles. The monoisotopic (exact) mass is 504 g/mol. The molecule has 1 atom stereocenters. The van der Waals surface area contributed by atoms with E-state index in [9.17, 15) is 9.59 Å². The maximum absolute atomic E-state index is 12.7. The Morgan fingerprint density at radius 3 is 2.64 bits per heavy atom. The second-order valence-corrected chi connectivity index (χ2v) is 8.69. The van der Waals surface area contributed by atoms with Gasteiger partial charge in [0.2, 0.25) is 0 Å². The van der Waals surface area contributed by atoms with Crippen LogP contribution in [0, 0.1) is 0 Å². The van der Waals surface area contributed by atoms with Crippen molar-refractivity contribution in [3.8, 4) is 11.5 Å². The number of carbonyl (C=O) groups excluding carboxylic acids is 2. The predicted octanol–water partition coefficient (Wildman–Crippen LogP) is 5.98. The molecule has 0 radical (unpaired) electrons. The van der Waals surface area contributed by atoms with E-state index in [1.165, 1.54) is 6.07 Å². The van der Waals surface area contributed by atoms with Crippen molar-refractivity contribution in [3.05, 3.63) is 81.3 Å². The maximum Gasteiger partial charge on any atom is 0.265 e. The van der Waals surface area contributed by atoms with Gasteiger partial charge in [0.1, 0.15) is 11.5 Å². The molecule has 1 aliphatic heterocycles. The Labute approximate surface area is 205 Å². The first-order chi connectivity index (χ1) is 15.8. The SMILES string of the molecule is CC(Oc1ccc(Cl)cc1Cl)C(=O)Nc1ccc2c(c1)N(Cc1cccc(Cl)c1)C(=O)CO2. The number of anilines is 2. The Bertz CT molecular complexity index is 1220. The first kappa shape index (κ1) is 23.2. The van der Waals surface area contributed by atoms with Crippen molar-refractivity contribution in [2.45, 2.75) is 19.6 Å². The third-order valence-electron chi connectivity index (χ3n) is 4.97. The van der Waals surface area contributed by atoms with E-state index in [1.54, 1.807) is 54.3 Å². The molecule has 0 saturated carbocycles. The highest BCUT2D eigenvalue weighted by atomic mass is 35.5. The molecule has 1 heterocycles. The summed E-state index contributed by atoms with van der Waals surface area (Å²) in [5, 5.41) is 4.17. The quantitative estimate of drug-likeness (QED) is 0.448. The third-order valence-corrected chi connectivity index (χ3v) is 5.73. The van der Waals surface area contributed by atoms with E-state index in [0.29, 0.717) is 44.5 Å². The minimum atomic E-state index is -0.833. The van der Waals surface area contributed by atoms with Gasteiger partial charge in [0.05, 0.1) is 17.3 Å². The molecular weight excluding hydrogens is 487 g/mol. The summed E-state index contributed by atoms with van der Waals surface area (Å²) in [4.78, 5) is 26.9. The summed E-state index contributed by atoms with van der Waals surface area (Å²) in [6.07, 6.45) is -0.833. The summed E-state index contributed by atoms with van der Waals surface area (Å²) >= 11 is 18.1. The summed E-state index contributed by atoms with van der Waals surface area (Å²) in [6.45, 7) is 1.87. The highest BCUT2D eigenvalue weighted by molar-refractivity contribution is 6.35. The lowest BCUT2D eigenvalue weighted by molar-refractivity contribution is -0.122. The van der Waals surface area contributed by atoms with Crippen molar-refractivity contribution < 1.29 is 19.1 Å². The highest BCUT2D eigenvalue weighted by Crippen LogP contribution is 2.36. The average Bonchev–Trinajstić information content (AvgIpc) is 2.77. The minimum Gasteiger partial charge on any atom is -0.482 e. The third kappa shape index (κ3) is 5.53. The van der Waals surface area contributed by atoms with E-state index < -0.39 is 6.10 Å². The Kier molecular flexibility index (Phi) is 6.98. The van der Waals surface area contributed by atoms with Crippen LogP contribution < -0.4 is 19.7 Å². The standard InChI is InChI=1S/C24H19Cl3N2O4/c1-14(33-21-7-5-17(26)10-19(21)27)24(31)28-18-6-8-22-20(11-18)29(23(30)13-32-22)12-15-3-2-4-16(25)9-15/h2-11,14H,12-13H2,1H3,(H,28,31). The number of benzene rings is 3. The zero-order valence-electron chi connectivity index (χ0n) is 17.5. The van der Waals surface area contributed by atoms with Crippen molar-refractivity contribution in [1.82, 2.24) is 0 Å². The molecular formula is C24H19Cl3N2O4. The molecule has 3 aromatic rings. The first-order valence-corrected chi connectivity index (χ1v) is 11.2. The van der Waals surface area contributed by atoms with Gasteiger partial charge in [-0.3, -0.25) is 9.59 Å². The fourth-order valence-corrected chi connectivity index (χ4v) is 4.00. The Morgan fingerprint density at radius 1 is 1.09 bits per heavy atom. The normalized spacial score (nSPS) is 13.7. The largest absolute Gasteiger partial charge is 0.482 e. The number of fused-ring (bicyclic) bond motifs is 1. The van der Waals surface area contributed by atoms with E-state index in [4.69, 9.17) is 44.3 Å². The second-order valence-electron chi connectivity index (χ2n) is 7.41. The smallest absolute Gasteiger partial charge is 0.265 e. The number of nitrogens with one attached hydrogen (secondary N) is 1. The molecule has 0 aromatic heterocycles. The number of rotatable bonds is 6. The molecule has 4 rings (SSSR count). The topological polar surface area (TPSA) is 67.9 Å². The minimum absolute atomic E-state index is 0.0635. The average molecular weight is 506 g/mol. The molecule has 1 unspecified atom stereocenters. The lowest BCUT2D eigenvalue weighted by Gasteiger charge is -2.30. The van der Waals surface area contributed by atoms with Crippen molar-refractivity contribution in [3.63, 3.8) is 0 Å². The number of ether oxygens (including phenoxy) is 2. The molecule has 1 N–H and O–H groups in total. The predicted molar refractivity (Wildman–Crippen MR) is 130 cm³/mol. The molecule has 1 aliphatic rings. The number of amides is 2. The van der Waals surface area contributed by atoms with Crippen LogP contribution in [-0.2, 0) is 16.1 Å². The number of nitrogens with zero attached hydrogens (tertiary/aromatic N) is 1. The summed E-state index contributed by atoms with van der Waals surface area (Å²) in [5.74, 6) is 0.318. The van der Waals surface area contributed by atoms with Crippen molar-refractivity contribution in [2.75, 3.05) is 16.8 Å². The van der Waals surface area contributed by atoms with Gasteiger partial charge in [-0.25, -0.2) is 0 Å². The van der Waals surface area contributed by atoms with Crippen molar-refractivity contribution >= 4 is 58.0 Å². The molecule has 2 amide bonds. The van der Waals surface area contributed by atoms with Gasteiger partial charge in [-0.2, -0.15) is 0 Å². The zero-order valence-corrected chi connectivity index (χ0v) is 19.7. The molecule has 170 valence electrons. The van der Waals surface area contributed by atoms with Crippen LogP contribution in [0.4, 0.5) is 11.4 Å². The van der Waals surface area contributed by atoms with Crippen LogP contribution in [0.3, 0.4) is 0 Å². The van der Waals surface area contributed by atoms with Crippen molar-refractivity contribution in [1.29, 1.82) is 0 Å². The molecule has 0 aliphatic carbocycles. The molecule has 6 nitrogen and oxygen atoms in total. The van der Waals surface area contributed by atoms with E-state index in [0.717, 1.165) is 5.56 Å². The lowest BCUT2D eigenvalue weighted by Crippen LogP contribution is -2.38. The Balaban J connectivity index is 1.51. The van der Waals surface area contributed by atoms with E-state index in [1.807, 2.05) is 12.1 Å². The van der Waals surface area contributed by atoms with Gasteiger partial charge >= 0.3 is 0 Å². The number of hydrogen-bond acceptors (Lipinski definition) is 4. The van der Waals surface area contributed by atoms with E-state index in [2.05, 4.69) is 5.32 Å². The van der Waals surface area contributed by atoms with Gasteiger partial charge in [-0.05, 0) is 61.0 Å². The zero-order chi connectivity index (χ0) is 23.5. The summed E-state index contributed by atoms with van der Waals surface area (Å²) < 4.78 is 11.2. The van der Waals surface area contributed by atoms with Gasteiger partial charge in [0.25, 0.3) is 11.8 Å². The van der Waals surface area contributed by atoms with Crippen LogP contribution in [0.25, 0.3) is 0 Å². The maximum atomic E-state index is 12.7. The molecule has 9 heteroatoms. The highest BCUT2D eigenvalue weighted by Gasteiger charge is 2.27. The fraction of sp³-hybridized carbons (Fsp3) is 0.167. The Morgan fingerprint density at radius 2 is 1.88 bits per heavy atom. The summed E-state index contributed by atoms with van der Waals surface area (Å²) in [7, 11) is 0. The summed E-state index contributed by atoms with van der Waals surface area (Å²) in [5.41, 5.74) is 1.92. The van der Waals surface area contributed by atoms with Gasteiger partial charge < -0.3 is 19.7 Å². The summed E-state index contributed by atoms with van der Waals surface area (Å²) in [6, 6.07) is 17.2. The van der Waals surface area contributed by atoms with Gasteiger partial charge in [-0.1, -0.05) is 46.9 Å². The number of halogens is 3. The van der Waals surface area contributed by atoms with Gasteiger partial charge in [0.15, 0.2) is 12.7 Å². The van der Waals surface area contributed by atoms with Crippen LogP contribution in [0.5, 0.6) is 11.5 Å². The lowest BCUT2D eigenvalue weighted by atomic mass is 10.1. The number of hydrogen-bond donors (Lipinski definition) is 1. The van der Waals surface area contributed by atoms with Gasteiger partial charge in [-0.15, -0.1) is 0 Å². The van der Waals surface area contributed by atoms with E-state index >= 15 is 0 Å². The fourth-order valence-electron chi connectivity index (χ4n) is 3.33. The molecule has 0 fully saturated rings. The number of carbonyl (C=O) groups is 2. The van der Waals surface area contributed by atoms with Crippen LogP contribution in [0.2, 0.25) is 15.1 Å². The van der Waals surface area contributed by atoms with Crippen LogP contribution in [0.15, 0.2) is 60.7 Å². The molecule has 3 aromatic carbocycles. The van der Waals surface area contributed by atoms with E-state index in [-0.39, 0.29) is 18.4 Å². The van der Waals surface area contributed by atoms with Crippen LogP contribution in [0.1, 0.15) is 12.5 Å².